The summed E-state index contributed by atoms with van der Waals surface area (Å²) in [5.74, 6) is 0. The van der Waals surface area contributed by atoms with Crippen LogP contribution in [0.2, 0.25) is 0 Å². The lowest BCUT2D eigenvalue weighted by Gasteiger charge is -2.15. The van der Waals surface area contributed by atoms with Crippen LogP contribution >= 0.6 is 0 Å². The molecule has 1 heterocycles. The van der Waals surface area contributed by atoms with E-state index in [2.05, 4.69) is 6.58 Å². The van der Waals surface area contributed by atoms with E-state index < -0.39 is 0 Å². The third-order valence-corrected chi connectivity index (χ3v) is 2.60. The third-order valence-electron chi connectivity index (χ3n) is 2.60. The zero-order valence-electron chi connectivity index (χ0n) is 8.50. The van der Waals surface area contributed by atoms with Crippen molar-refractivity contribution in [1.82, 2.24) is 0 Å². The van der Waals surface area contributed by atoms with E-state index in [1.165, 1.54) is 12.8 Å². The van der Waals surface area contributed by atoms with Gasteiger partial charge < -0.3 is 9.47 Å². The van der Waals surface area contributed by atoms with Crippen molar-refractivity contribution >= 4 is 0 Å². The van der Waals surface area contributed by atoms with Crippen LogP contribution < -0.4 is 0 Å². The maximum atomic E-state index is 5.54. The lowest BCUT2D eigenvalue weighted by atomic mass is 10.1. The Labute approximate surface area is 80.9 Å². The predicted octanol–water partition coefficient (Wildman–Crippen LogP) is 2.54. The largest absolute Gasteiger partial charge is 0.381 e. The standard InChI is InChI=1S/C11H20O2/c1-3-5-10(12-2)7-8-11-6-4-9-13-11/h3,10-11H,1,4-9H2,2H3/t10-,11+/m0/s1. The van der Waals surface area contributed by atoms with Gasteiger partial charge in [0, 0.05) is 13.7 Å². The molecule has 1 aliphatic heterocycles. The maximum Gasteiger partial charge on any atom is 0.0606 e. The molecule has 0 radical (unpaired) electrons. The SMILES string of the molecule is C=CC[C@@H](CC[C@H]1CCCO1)OC. The smallest absolute Gasteiger partial charge is 0.0606 e. The Bertz CT molecular complexity index is 139. The summed E-state index contributed by atoms with van der Waals surface area (Å²) in [6, 6.07) is 0. The van der Waals surface area contributed by atoms with Gasteiger partial charge in [0.25, 0.3) is 0 Å². The minimum Gasteiger partial charge on any atom is -0.381 e. The molecular formula is C11H20O2. The van der Waals surface area contributed by atoms with E-state index in [1.54, 1.807) is 7.11 Å². The summed E-state index contributed by atoms with van der Waals surface area (Å²) in [5, 5.41) is 0. The fourth-order valence-electron chi connectivity index (χ4n) is 1.76. The van der Waals surface area contributed by atoms with E-state index in [0.717, 1.165) is 25.9 Å². The number of methoxy groups -OCH3 is 1. The monoisotopic (exact) mass is 184 g/mol. The molecular weight excluding hydrogens is 164 g/mol. The first kappa shape index (κ1) is 10.7. The van der Waals surface area contributed by atoms with Crippen LogP contribution in [0.5, 0.6) is 0 Å². The van der Waals surface area contributed by atoms with E-state index in [4.69, 9.17) is 9.47 Å². The van der Waals surface area contributed by atoms with Crippen LogP contribution in [0, 0.1) is 0 Å². The molecule has 0 bridgehead atoms. The van der Waals surface area contributed by atoms with Gasteiger partial charge in [0.15, 0.2) is 0 Å². The third kappa shape index (κ3) is 3.92. The molecule has 13 heavy (non-hydrogen) atoms. The van der Waals surface area contributed by atoms with E-state index in [0.29, 0.717) is 12.2 Å². The normalized spacial score (nSPS) is 24.5. The van der Waals surface area contributed by atoms with Crippen LogP contribution in [-0.4, -0.2) is 25.9 Å². The van der Waals surface area contributed by atoms with Gasteiger partial charge >= 0.3 is 0 Å². The fourth-order valence-corrected chi connectivity index (χ4v) is 1.76. The van der Waals surface area contributed by atoms with Crippen molar-refractivity contribution in [1.29, 1.82) is 0 Å². The van der Waals surface area contributed by atoms with Gasteiger partial charge in [-0.2, -0.15) is 0 Å². The summed E-state index contributed by atoms with van der Waals surface area (Å²) in [6.45, 7) is 4.67. The molecule has 0 saturated carbocycles. The van der Waals surface area contributed by atoms with Crippen LogP contribution in [0.15, 0.2) is 12.7 Å². The Morgan fingerprint density at radius 2 is 2.54 bits per heavy atom. The first-order chi connectivity index (χ1) is 6.36. The van der Waals surface area contributed by atoms with Crippen LogP contribution in [0.1, 0.15) is 32.1 Å². The topological polar surface area (TPSA) is 18.5 Å². The molecule has 0 amide bonds. The van der Waals surface area contributed by atoms with Crippen molar-refractivity contribution in [3.63, 3.8) is 0 Å². The molecule has 0 spiro atoms. The average Bonchev–Trinajstić information content (AvgIpc) is 2.64. The highest BCUT2D eigenvalue weighted by atomic mass is 16.5. The minimum atomic E-state index is 0.335. The van der Waals surface area contributed by atoms with Crippen LogP contribution in [0.4, 0.5) is 0 Å². The molecule has 1 fully saturated rings. The van der Waals surface area contributed by atoms with Crippen LogP contribution in [0.25, 0.3) is 0 Å². The maximum absolute atomic E-state index is 5.54. The van der Waals surface area contributed by atoms with Gasteiger partial charge in [-0.15, -0.1) is 6.58 Å². The van der Waals surface area contributed by atoms with Gasteiger partial charge in [-0.1, -0.05) is 6.08 Å². The molecule has 0 aliphatic carbocycles. The highest BCUT2D eigenvalue weighted by molar-refractivity contribution is 4.75. The van der Waals surface area contributed by atoms with Crippen LogP contribution in [-0.2, 0) is 9.47 Å². The van der Waals surface area contributed by atoms with Gasteiger partial charge in [0.1, 0.15) is 0 Å². The Morgan fingerprint density at radius 1 is 1.69 bits per heavy atom. The molecule has 1 aliphatic rings. The molecule has 2 atom stereocenters. The van der Waals surface area contributed by atoms with Crippen LogP contribution in [0.3, 0.4) is 0 Å². The lowest BCUT2D eigenvalue weighted by molar-refractivity contribution is 0.0608. The Hall–Kier alpha value is -0.340. The Morgan fingerprint density at radius 3 is 3.08 bits per heavy atom. The Balaban J connectivity index is 2.10. The van der Waals surface area contributed by atoms with Gasteiger partial charge in [-0.25, -0.2) is 0 Å². The fraction of sp³-hybridized carbons (Fsp3) is 0.818. The van der Waals surface area contributed by atoms with Crippen molar-refractivity contribution in [3.8, 4) is 0 Å². The van der Waals surface area contributed by atoms with Gasteiger partial charge in [-0.05, 0) is 32.1 Å². The van der Waals surface area contributed by atoms with Gasteiger partial charge in [0.2, 0.25) is 0 Å². The molecule has 0 unspecified atom stereocenters. The molecule has 1 saturated heterocycles. The van der Waals surface area contributed by atoms with E-state index in [9.17, 15) is 0 Å². The number of hydrogen-bond acceptors (Lipinski definition) is 2. The number of rotatable bonds is 6. The molecule has 0 aromatic rings. The quantitative estimate of drug-likeness (QED) is 0.591. The summed E-state index contributed by atoms with van der Waals surface area (Å²) >= 11 is 0. The summed E-state index contributed by atoms with van der Waals surface area (Å²) in [7, 11) is 1.77. The first-order valence-corrected chi connectivity index (χ1v) is 5.12. The predicted molar refractivity (Wildman–Crippen MR) is 53.8 cm³/mol. The van der Waals surface area contributed by atoms with Gasteiger partial charge in [0.05, 0.1) is 12.2 Å². The number of ether oxygens (including phenoxy) is 2. The second-order valence-corrected chi connectivity index (χ2v) is 3.59. The zero-order chi connectivity index (χ0) is 9.52. The molecule has 2 heteroatoms. The summed E-state index contributed by atoms with van der Waals surface area (Å²) in [5.41, 5.74) is 0. The summed E-state index contributed by atoms with van der Waals surface area (Å²) < 4.78 is 10.9. The molecule has 0 aromatic carbocycles. The molecule has 76 valence electrons. The van der Waals surface area contributed by atoms with E-state index in [-0.39, 0.29) is 0 Å². The van der Waals surface area contributed by atoms with Gasteiger partial charge in [-0.3, -0.25) is 0 Å². The van der Waals surface area contributed by atoms with Crippen molar-refractivity contribution < 1.29 is 9.47 Å². The van der Waals surface area contributed by atoms with Crippen molar-refractivity contribution in [2.45, 2.75) is 44.3 Å². The molecule has 0 N–H and O–H groups in total. The molecule has 2 nitrogen and oxygen atoms in total. The van der Waals surface area contributed by atoms with Crippen molar-refractivity contribution in [2.75, 3.05) is 13.7 Å². The van der Waals surface area contributed by atoms with Crippen molar-refractivity contribution in [2.24, 2.45) is 0 Å². The number of hydrogen-bond donors (Lipinski definition) is 0. The summed E-state index contributed by atoms with van der Waals surface area (Å²) in [4.78, 5) is 0. The molecule has 1 rings (SSSR count). The first-order valence-electron chi connectivity index (χ1n) is 5.12. The highest BCUT2D eigenvalue weighted by Crippen LogP contribution is 2.19. The van der Waals surface area contributed by atoms with E-state index in [1.807, 2.05) is 6.08 Å². The zero-order valence-corrected chi connectivity index (χ0v) is 8.50. The highest BCUT2D eigenvalue weighted by Gasteiger charge is 2.16. The molecule has 0 aromatic heterocycles. The van der Waals surface area contributed by atoms with E-state index >= 15 is 0 Å². The minimum absolute atomic E-state index is 0.335. The lowest BCUT2D eigenvalue weighted by Crippen LogP contribution is -2.14. The second-order valence-electron chi connectivity index (χ2n) is 3.59. The Kier molecular flexibility index (Phi) is 5.09. The average molecular weight is 184 g/mol. The van der Waals surface area contributed by atoms with Crippen molar-refractivity contribution in [3.05, 3.63) is 12.7 Å². The second kappa shape index (κ2) is 6.17. The summed E-state index contributed by atoms with van der Waals surface area (Å²) in [6.07, 6.45) is 8.37.